The first-order valence-corrected chi connectivity index (χ1v) is 12.3. The second-order valence-electron chi connectivity index (χ2n) is 9.12. The van der Waals surface area contributed by atoms with Crippen molar-refractivity contribution in [1.82, 2.24) is 15.6 Å². The summed E-state index contributed by atoms with van der Waals surface area (Å²) in [4.78, 5) is 45.1. The number of benzene rings is 2. The van der Waals surface area contributed by atoms with E-state index >= 15 is 0 Å². The zero-order valence-electron chi connectivity index (χ0n) is 20.1. The zero-order valence-corrected chi connectivity index (χ0v) is 20.1. The molecule has 1 fully saturated rings. The molecule has 3 heterocycles. The SMILES string of the molecule is O=C(CNC(=O)c1ccc(N2CCCC2=O)cc1)NCc1ccc(N2CCc3ccccc3C2)nc1. The second-order valence-corrected chi connectivity index (χ2v) is 9.12. The van der Waals surface area contributed by atoms with Gasteiger partial charge in [-0.1, -0.05) is 30.3 Å². The van der Waals surface area contributed by atoms with Crippen molar-refractivity contribution in [3.63, 3.8) is 0 Å². The highest BCUT2D eigenvalue weighted by Gasteiger charge is 2.22. The van der Waals surface area contributed by atoms with E-state index in [1.54, 1.807) is 35.4 Å². The molecule has 2 aromatic carbocycles. The van der Waals surface area contributed by atoms with Gasteiger partial charge in [-0.3, -0.25) is 14.4 Å². The lowest BCUT2D eigenvalue weighted by molar-refractivity contribution is -0.120. The van der Waals surface area contributed by atoms with E-state index in [0.717, 1.165) is 43.0 Å². The molecule has 5 rings (SSSR count). The van der Waals surface area contributed by atoms with E-state index in [-0.39, 0.29) is 24.3 Å². The van der Waals surface area contributed by atoms with Crippen LogP contribution in [0.25, 0.3) is 0 Å². The first kappa shape index (κ1) is 23.5. The molecular formula is C28H29N5O3. The predicted molar refractivity (Wildman–Crippen MR) is 138 cm³/mol. The number of fused-ring (bicyclic) bond motifs is 1. The zero-order chi connectivity index (χ0) is 24.9. The van der Waals surface area contributed by atoms with Crippen LogP contribution in [0.2, 0.25) is 0 Å². The molecule has 0 saturated carbocycles. The molecule has 8 heteroatoms. The summed E-state index contributed by atoms with van der Waals surface area (Å²) < 4.78 is 0. The number of pyridine rings is 1. The molecule has 1 saturated heterocycles. The lowest BCUT2D eigenvalue weighted by Gasteiger charge is -2.29. The van der Waals surface area contributed by atoms with Crippen LogP contribution in [0, 0.1) is 0 Å². The normalized spacial score (nSPS) is 14.9. The predicted octanol–water partition coefficient (Wildman–Crippen LogP) is 2.82. The molecule has 3 amide bonds. The van der Waals surface area contributed by atoms with Gasteiger partial charge in [0.25, 0.3) is 5.91 Å². The van der Waals surface area contributed by atoms with Gasteiger partial charge in [0, 0.05) is 50.0 Å². The third-order valence-corrected chi connectivity index (χ3v) is 6.68. The van der Waals surface area contributed by atoms with Gasteiger partial charge in [-0.25, -0.2) is 4.98 Å². The van der Waals surface area contributed by atoms with Crippen LogP contribution in [0.4, 0.5) is 11.5 Å². The maximum Gasteiger partial charge on any atom is 0.251 e. The van der Waals surface area contributed by atoms with E-state index in [1.165, 1.54) is 11.1 Å². The summed E-state index contributed by atoms with van der Waals surface area (Å²) in [6.07, 6.45) is 4.19. The van der Waals surface area contributed by atoms with Crippen LogP contribution in [0.1, 0.15) is 39.9 Å². The maximum absolute atomic E-state index is 12.4. The third-order valence-electron chi connectivity index (χ3n) is 6.68. The molecule has 0 radical (unpaired) electrons. The number of aromatic nitrogens is 1. The van der Waals surface area contributed by atoms with Crippen molar-refractivity contribution in [2.75, 3.05) is 29.4 Å². The van der Waals surface area contributed by atoms with Crippen LogP contribution < -0.4 is 20.4 Å². The number of anilines is 2. The molecule has 36 heavy (non-hydrogen) atoms. The highest BCUT2D eigenvalue weighted by atomic mass is 16.2. The fourth-order valence-corrected chi connectivity index (χ4v) is 4.64. The van der Waals surface area contributed by atoms with E-state index in [1.807, 2.05) is 12.1 Å². The fourth-order valence-electron chi connectivity index (χ4n) is 4.64. The number of rotatable bonds is 7. The van der Waals surface area contributed by atoms with Gasteiger partial charge in [-0.2, -0.15) is 0 Å². The van der Waals surface area contributed by atoms with Crippen LogP contribution in [0.15, 0.2) is 66.9 Å². The summed E-state index contributed by atoms with van der Waals surface area (Å²) in [6.45, 7) is 2.69. The van der Waals surface area contributed by atoms with Gasteiger partial charge in [0.2, 0.25) is 11.8 Å². The van der Waals surface area contributed by atoms with Crippen molar-refractivity contribution in [2.24, 2.45) is 0 Å². The monoisotopic (exact) mass is 483 g/mol. The van der Waals surface area contributed by atoms with E-state index in [9.17, 15) is 14.4 Å². The molecule has 0 bridgehead atoms. The van der Waals surface area contributed by atoms with E-state index in [4.69, 9.17) is 0 Å². The van der Waals surface area contributed by atoms with Crippen LogP contribution in [-0.2, 0) is 29.1 Å². The van der Waals surface area contributed by atoms with Gasteiger partial charge in [-0.15, -0.1) is 0 Å². The summed E-state index contributed by atoms with van der Waals surface area (Å²) in [5, 5.41) is 5.46. The van der Waals surface area contributed by atoms with Gasteiger partial charge in [-0.05, 0) is 59.9 Å². The Morgan fingerprint density at radius 1 is 0.889 bits per heavy atom. The summed E-state index contributed by atoms with van der Waals surface area (Å²) in [7, 11) is 0. The molecule has 2 N–H and O–H groups in total. The van der Waals surface area contributed by atoms with Crippen LogP contribution >= 0.6 is 0 Å². The van der Waals surface area contributed by atoms with Crippen molar-refractivity contribution in [2.45, 2.75) is 32.4 Å². The average Bonchev–Trinajstić information content (AvgIpc) is 3.36. The molecule has 0 aliphatic carbocycles. The number of carbonyl (C=O) groups is 3. The molecule has 184 valence electrons. The molecule has 2 aliphatic heterocycles. The van der Waals surface area contributed by atoms with Crippen LogP contribution in [0.3, 0.4) is 0 Å². The lowest BCUT2D eigenvalue weighted by atomic mass is 10.00. The molecular weight excluding hydrogens is 454 g/mol. The van der Waals surface area contributed by atoms with Gasteiger partial charge in [0.15, 0.2) is 0 Å². The third kappa shape index (κ3) is 5.38. The summed E-state index contributed by atoms with van der Waals surface area (Å²) in [6, 6.07) is 19.3. The topological polar surface area (TPSA) is 94.6 Å². The van der Waals surface area contributed by atoms with E-state index in [0.29, 0.717) is 25.1 Å². The summed E-state index contributed by atoms with van der Waals surface area (Å²) >= 11 is 0. The van der Waals surface area contributed by atoms with Crippen LogP contribution in [-0.4, -0.2) is 42.3 Å². The molecule has 1 aromatic heterocycles. The Morgan fingerprint density at radius 3 is 2.42 bits per heavy atom. The van der Waals surface area contributed by atoms with Gasteiger partial charge in [0.05, 0.1) is 6.54 Å². The fraction of sp³-hybridized carbons (Fsp3) is 0.286. The minimum absolute atomic E-state index is 0.103. The number of hydrogen-bond acceptors (Lipinski definition) is 5. The Hall–Kier alpha value is -4.20. The molecule has 0 atom stereocenters. The largest absolute Gasteiger partial charge is 0.352 e. The summed E-state index contributed by atoms with van der Waals surface area (Å²) in [5.74, 6) is 0.413. The minimum Gasteiger partial charge on any atom is -0.352 e. The standard InChI is InChI=1S/C28H29N5O3/c34-26(18-31-28(36)22-8-10-24(11-9-22)33-14-3-6-27(33)35)30-17-20-7-12-25(29-16-20)32-15-13-21-4-1-2-5-23(21)19-32/h1-2,4-5,7-12,16H,3,6,13-15,17-19H2,(H,30,34)(H,31,36). The Balaban J connectivity index is 1.07. The number of hydrogen-bond donors (Lipinski definition) is 2. The number of nitrogens with one attached hydrogen (secondary N) is 2. The second kappa shape index (κ2) is 10.6. The Bertz CT molecular complexity index is 1260. The Labute approximate surface area is 210 Å². The molecule has 8 nitrogen and oxygen atoms in total. The molecule has 3 aromatic rings. The highest BCUT2D eigenvalue weighted by Crippen LogP contribution is 2.23. The quantitative estimate of drug-likeness (QED) is 0.539. The first-order valence-electron chi connectivity index (χ1n) is 12.3. The molecule has 2 aliphatic rings. The van der Waals surface area contributed by atoms with Gasteiger partial charge < -0.3 is 20.4 Å². The number of amides is 3. The molecule has 0 unspecified atom stereocenters. The summed E-state index contributed by atoms with van der Waals surface area (Å²) in [5.41, 5.74) is 4.86. The van der Waals surface area contributed by atoms with Crippen molar-refractivity contribution < 1.29 is 14.4 Å². The molecule has 0 spiro atoms. The highest BCUT2D eigenvalue weighted by molar-refractivity contribution is 5.98. The minimum atomic E-state index is -0.335. The maximum atomic E-state index is 12.4. The average molecular weight is 484 g/mol. The van der Waals surface area contributed by atoms with Crippen molar-refractivity contribution in [3.8, 4) is 0 Å². The first-order chi connectivity index (χ1) is 17.6. The van der Waals surface area contributed by atoms with E-state index < -0.39 is 0 Å². The smallest absolute Gasteiger partial charge is 0.251 e. The lowest BCUT2D eigenvalue weighted by Crippen LogP contribution is -2.36. The van der Waals surface area contributed by atoms with Gasteiger partial charge >= 0.3 is 0 Å². The van der Waals surface area contributed by atoms with Crippen molar-refractivity contribution in [3.05, 3.63) is 89.1 Å². The van der Waals surface area contributed by atoms with E-state index in [2.05, 4.69) is 44.8 Å². The number of carbonyl (C=O) groups excluding carboxylic acids is 3. The van der Waals surface area contributed by atoms with Crippen LogP contribution in [0.5, 0.6) is 0 Å². The van der Waals surface area contributed by atoms with Gasteiger partial charge in [0.1, 0.15) is 5.82 Å². The Kier molecular flexibility index (Phi) is 6.93. The van der Waals surface area contributed by atoms with Crippen molar-refractivity contribution in [1.29, 1.82) is 0 Å². The number of nitrogens with zero attached hydrogens (tertiary/aromatic N) is 3. The Morgan fingerprint density at radius 2 is 1.69 bits per heavy atom. The van der Waals surface area contributed by atoms with Crippen molar-refractivity contribution >= 4 is 29.2 Å².